The molecule has 2 aromatic carbocycles. The van der Waals surface area contributed by atoms with Crippen molar-refractivity contribution in [2.24, 2.45) is 5.10 Å². The van der Waals surface area contributed by atoms with E-state index >= 15 is 0 Å². The number of halogens is 1. The Bertz CT molecular complexity index is 773. The first-order valence-electron chi connectivity index (χ1n) is 7.12. The molecule has 0 aromatic heterocycles. The highest BCUT2D eigenvalue weighted by atomic mass is 79.9. The molecule has 0 bridgehead atoms. The number of nitrogens with one attached hydrogen (secondary N) is 2. The number of amides is 2. The smallest absolute Gasteiger partial charge is 0.275 e. The Labute approximate surface area is 147 Å². The van der Waals surface area contributed by atoms with E-state index in [0.29, 0.717) is 11.4 Å². The number of anilines is 1. The fraction of sp³-hybridized carbons (Fsp3) is 0.118. The maximum Gasteiger partial charge on any atom is 0.275 e. The lowest BCUT2D eigenvalue weighted by Crippen LogP contribution is -2.21. The summed E-state index contributed by atoms with van der Waals surface area (Å²) in [5, 5.41) is 16.2. The zero-order chi connectivity index (χ0) is 17.5. The maximum atomic E-state index is 11.9. The van der Waals surface area contributed by atoms with E-state index in [0.717, 1.165) is 4.47 Å². The van der Waals surface area contributed by atoms with Crippen LogP contribution in [0.5, 0.6) is 5.75 Å². The summed E-state index contributed by atoms with van der Waals surface area (Å²) in [5.74, 6) is -0.910. The summed E-state index contributed by atoms with van der Waals surface area (Å²) in [5.41, 5.74) is 3.55. The standard InChI is InChI=1S/C17H16BrN3O3/c1-11(10-16(23)19-13-8-6-12(18)7-9-13)20-21-17(24)14-4-2-3-5-15(14)22/h2-9,22H,10H2,1H3,(H,19,23)(H,21,24). The zero-order valence-electron chi connectivity index (χ0n) is 12.9. The molecule has 6 nitrogen and oxygen atoms in total. The third-order valence-electron chi connectivity index (χ3n) is 3.04. The number of hydrogen-bond acceptors (Lipinski definition) is 4. The number of rotatable bonds is 5. The SMILES string of the molecule is CC(CC(=O)Nc1ccc(Br)cc1)=NNC(=O)c1ccccc1O. The molecule has 24 heavy (non-hydrogen) atoms. The first-order chi connectivity index (χ1) is 11.5. The topological polar surface area (TPSA) is 90.8 Å². The van der Waals surface area contributed by atoms with Crippen LogP contribution in [0, 0.1) is 0 Å². The number of para-hydroxylation sites is 1. The first kappa shape index (κ1) is 17.7. The van der Waals surface area contributed by atoms with Crippen LogP contribution in [0.4, 0.5) is 5.69 Å². The third kappa shape index (κ3) is 5.20. The number of nitrogens with zero attached hydrogens (tertiary/aromatic N) is 1. The quantitative estimate of drug-likeness (QED) is 0.541. The summed E-state index contributed by atoms with van der Waals surface area (Å²) in [4.78, 5) is 23.8. The number of phenolic OH excluding ortho intramolecular Hbond substituents is 1. The predicted molar refractivity (Wildman–Crippen MR) is 96.1 cm³/mol. The Morgan fingerprint density at radius 3 is 2.46 bits per heavy atom. The molecule has 2 rings (SSSR count). The molecular formula is C17H16BrN3O3. The van der Waals surface area contributed by atoms with Gasteiger partial charge < -0.3 is 10.4 Å². The molecule has 7 heteroatoms. The molecule has 0 aliphatic rings. The van der Waals surface area contributed by atoms with Gasteiger partial charge in [0.2, 0.25) is 5.91 Å². The number of benzene rings is 2. The minimum absolute atomic E-state index is 0.0388. The highest BCUT2D eigenvalue weighted by Crippen LogP contribution is 2.15. The molecule has 0 aliphatic heterocycles. The summed E-state index contributed by atoms with van der Waals surface area (Å²) < 4.78 is 0.921. The third-order valence-corrected chi connectivity index (χ3v) is 3.57. The Morgan fingerprint density at radius 2 is 1.79 bits per heavy atom. The second kappa shape index (κ2) is 8.26. The molecule has 124 valence electrons. The number of carbonyl (C=O) groups excluding carboxylic acids is 2. The largest absolute Gasteiger partial charge is 0.507 e. The second-order valence-electron chi connectivity index (χ2n) is 5.04. The molecule has 0 spiro atoms. The fourth-order valence-electron chi connectivity index (χ4n) is 1.88. The van der Waals surface area contributed by atoms with Crippen molar-refractivity contribution in [1.29, 1.82) is 0 Å². The first-order valence-corrected chi connectivity index (χ1v) is 7.92. The van der Waals surface area contributed by atoms with Gasteiger partial charge in [-0.3, -0.25) is 9.59 Å². The van der Waals surface area contributed by atoms with Crippen LogP contribution in [0.25, 0.3) is 0 Å². The van der Waals surface area contributed by atoms with Crippen LogP contribution in [-0.2, 0) is 4.79 Å². The molecular weight excluding hydrogens is 374 g/mol. The van der Waals surface area contributed by atoms with E-state index < -0.39 is 5.91 Å². The minimum atomic E-state index is -0.541. The van der Waals surface area contributed by atoms with Gasteiger partial charge in [-0.25, -0.2) is 5.43 Å². The van der Waals surface area contributed by atoms with Crippen LogP contribution in [0.2, 0.25) is 0 Å². The molecule has 3 N–H and O–H groups in total. The van der Waals surface area contributed by atoms with Crippen LogP contribution in [0.15, 0.2) is 58.1 Å². The number of hydrazone groups is 1. The summed E-state index contributed by atoms with van der Waals surface area (Å²) in [6.07, 6.45) is 0.0388. The van der Waals surface area contributed by atoms with Gasteiger partial charge in [0.1, 0.15) is 5.75 Å². The molecule has 2 aromatic rings. The highest BCUT2D eigenvalue weighted by Gasteiger charge is 2.10. The van der Waals surface area contributed by atoms with Crippen molar-refractivity contribution < 1.29 is 14.7 Å². The highest BCUT2D eigenvalue weighted by molar-refractivity contribution is 9.10. The Kier molecular flexibility index (Phi) is 6.08. The molecule has 0 heterocycles. The lowest BCUT2D eigenvalue weighted by molar-refractivity contribution is -0.115. The van der Waals surface area contributed by atoms with Crippen LogP contribution in [0.1, 0.15) is 23.7 Å². The van der Waals surface area contributed by atoms with E-state index in [9.17, 15) is 14.7 Å². The zero-order valence-corrected chi connectivity index (χ0v) is 14.5. The van der Waals surface area contributed by atoms with Gasteiger partial charge in [-0.05, 0) is 43.3 Å². The van der Waals surface area contributed by atoms with E-state index in [1.165, 1.54) is 12.1 Å². The van der Waals surface area contributed by atoms with Gasteiger partial charge in [0.05, 0.1) is 12.0 Å². The monoisotopic (exact) mass is 389 g/mol. The van der Waals surface area contributed by atoms with Crippen molar-refractivity contribution in [3.05, 3.63) is 58.6 Å². The molecule has 0 saturated heterocycles. The summed E-state index contributed by atoms with van der Waals surface area (Å²) in [6.45, 7) is 1.63. The van der Waals surface area contributed by atoms with Gasteiger partial charge in [-0.15, -0.1) is 0 Å². The second-order valence-corrected chi connectivity index (χ2v) is 5.95. The fourth-order valence-corrected chi connectivity index (χ4v) is 2.15. The van der Waals surface area contributed by atoms with Crippen LogP contribution >= 0.6 is 15.9 Å². The van der Waals surface area contributed by atoms with Gasteiger partial charge in [0.25, 0.3) is 5.91 Å². The Balaban J connectivity index is 1.89. The van der Waals surface area contributed by atoms with Crippen LogP contribution in [0.3, 0.4) is 0 Å². The minimum Gasteiger partial charge on any atom is -0.507 e. The number of phenols is 1. The molecule has 0 radical (unpaired) electrons. The molecule has 0 saturated carbocycles. The van der Waals surface area contributed by atoms with Crippen LogP contribution in [-0.4, -0.2) is 22.6 Å². The lowest BCUT2D eigenvalue weighted by atomic mass is 10.2. The number of aromatic hydroxyl groups is 1. The van der Waals surface area contributed by atoms with Gasteiger partial charge in [-0.1, -0.05) is 28.1 Å². The van der Waals surface area contributed by atoms with Crippen molar-refractivity contribution in [3.63, 3.8) is 0 Å². The van der Waals surface area contributed by atoms with Crippen molar-refractivity contribution >= 4 is 39.1 Å². The number of carbonyl (C=O) groups is 2. The van der Waals surface area contributed by atoms with Gasteiger partial charge in [0, 0.05) is 15.9 Å². The van der Waals surface area contributed by atoms with Crippen molar-refractivity contribution in [2.75, 3.05) is 5.32 Å². The van der Waals surface area contributed by atoms with Crippen molar-refractivity contribution in [1.82, 2.24) is 5.43 Å². The molecule has 0 atom stereocenters. The molecule has 0 fully saturated rings. The molecule has 0 aliphatic carbocycles. The van der Waals surface area contributed by atoms with E-state index in [1.54, 1.807) is 31.2 Å². The predicted octanol–water partition coefficient (Wildman–Crippen LogP) is 3.29. The Hall–Kier alpha value is -2.67. The molecule has 0 unspecified atom stereocenters. The van der Waals surface area contributed by atoms with E-state index in [2.05, 4.69) is 31.8 Å². The normalized spacial score (nSPS) is 11.0. The van der Waals surface area contributed by atoms with Crippen molar-refractivity contribution in [2.45, 2.75) is 13.3 Å². The van der Waals surface area contributed by atoms with E-state index in [1.807, 2.05) is 12.1 Å². The summed E-state index contributed by atoms with van der Waals surface area (Å²) in [7, 11) is 0. The lowest BCUT2D eigenvalue weighted by Gasteiger charge is -2.06. The Morgan fingerprint density at radius 1 is 1.12 bits per heavy atom. The van der Waals surface area contributed by atoms with E-state index in [-0.39, 0.29) is 23.6 Å². The van der Waals surface area contributed by atoms with Crippen LogP contribution < -0.4 is 10.7 Å². The van der Waals surface area contributed by atoms with Gasteiger partial charge in [-0.2, -0.15) is 5.10 Å². The van der Waals surface area contributed by atoms with Gasteiger partial charge in [0.15, 0.2) is 0 Å². The van der Waals surface area contributed by atoms with E-state index in [4.69, 9.17) is 0 Å². The maximum absolute atomic E-state index is 11.9. The average Bonchev–Trinajstić information content (AvgIpc) is 2.55. The van der Waals surface area contributed by atoms with Crippen molar-refractivity contribution in [3.8, 4) is 5.75 Å². The van der Waals surface area contributed by atoms with Gasteiger partial charge >= 0.3 is 0 Å². The summed E-state index contributed by atoms with van der Waals surface area (Å²) >= 11 is 3.32. The molecule has 2 amide bonds. The summed E-state index contributed by atoms with van der Waals surface area (Å²) in [6, 6.07) is 13.3. The number of hydrogen-bond donors (Lipinski definition) is 3. The average molecular weight is 390 g/mol.